The zero-order valence-corrected chi connectivity index (χ0v) is 19.4. The first kappa shape index (κ1) is 23.1. The van der Waals surface area contributed by atoms with Gasteiger partial charge in [0.2, 0.25) is 11.9 Å². The SMILES string of the molecule is C=C1Nc2ncnn2[C@@H](c2ccc(C(=O)OC)cc2)[C@H]1C(=O)Nc1cc(OC)c(Cl)cc1OC. The van der Waals surface area contributed by atoms with Crippen molar-refractivity contribution < 1.29 is 23.8 Å². The van der Waals surface area contributed by atoms with Crippen molar-refractivity contribution in [2.45, 2.75) is 6.04 Å². The van der Waals surface area contributed by atoms with Gasteiger partial charge in [0.25, 0.3) is 0 Å². The average Bonchev–Trinajstić information content (AvgIpc) is 3.31. The van der Waals surface area contributed by atoms with E-state index < -0.39 is 17.9 Å². The lowest BCUT2D eigenvalue weighted by Crippen LogP contribution is -2.39. The molecule has 2 aromatic carbocycles. The summed E-state index contributed by atoms with van der Waals surface area (Å²) in [6.07, 6.45) is 1.39. The lowest BCUT2D eigenvalue weighted by atomic mass is 9.88. The minimum absolute atomic E-state index is 0.344. The zero-order valence-electron chi connectivity index (χ0n) is 18.7. The molecule has 1 aliphatic rings. The van der Waals surface area contributed by atoms with Crippen LogP contribution in [0, 0.1) is 5.92 Å². The Hall–Kier alpha value is -4.05. The van der Waals surface area contributed by atoms with Crippen LogP contribution in [0.25, 0.3) is 0 Å². The van der Waals surface area contributed by atoms with Gasteiger partial charge in [0.15, 0.2) is 0 Å². The number of nitrogens with one attached hydrogen (secondary N) is 2. The van der Waals surface area contributed by atoms with Crippen LogP contribution in [0.5, 0.6) is 11.5 Å². The van der Waals surface area contributed by atoms with Crippen molar-refractivity contribution in [2.75, 3.05) is 32.0 Å². The van der Waals surface area contributed by atoms with Crippen molar-refractivity contribution in [1.82, 2.24) is 14.8 Å². The number of halogens is 1. The average molecular weight is 484 g/mol. The summed E-state index contributed by atoms with van der Waals surface area (Å²) in [5.74, 6) is -0.420. The quantitative estimate of drug-likeness (QED) is 0.511. The summed E-state index contributed by atoms with van der Waals surface area (Å²) in [7, 11) is 4.27. The summed E-state index contributed by atoms with van der Waals surface area (Å²) in [6.45, 7) is 4.06. The fourth-order valence-electron chi connectivity index (χ4n) is 3.83. The first-order chi connectivity index (χ1) is 16.4. The topological polar surface area (TPSA) is 117 Å². The van der Waals surface area contributed by atoms with E-state index in [-0.39, 0.29) is 5.91 Å². The number of rotatable bonds is 6. The van der Waals surface area contributed by atoms with Crippen molar-refractivity contribution in [3.63, 3.8) is 0 Å². The third-order valence-corrected chi connectivity index (χ3v) is 5.78. The second-order valence-electron chi connectivity index (χ2n) is 7.39. The van der Waals surface area contributed by atoms with Crippen LogP contribution in [-0.4, -0.2) is 48.0 Å². The van der Waals surface area contributed by atoms with Crippen molar-refractivity contribution in [3.05, 3.63) is 71.2 Å². The molecule has 0 saturated carbocycles. The van der Waals surface area contributed by atoms with Crippen molar-refractivity contribution in [1.29, 1.82) is 0 Å². The molecule has 0 saturated heterocycles. The zero-order chi connectivity index (χ0) is 24.4. The number of aromatic nitrogens is 3. The fraction of sp³-hybridized carbons (Fsp3) is 0.217. The lowest BCUT2D eigenvalue weighted by Gasteiger charge is -2.34. The molecule has 0 unspecified atom stereocenters. The Bertz CT molecular complexity index is 1260. The first-order valence-corrected chi connectivity index (χ1v) is 10.5. The molecule has 11 heteroatoms. The van der Waals surface area contributed by atoms with E-state index in [1.54, 1.807) is 41.1 Å². The molecule has 10 nitrogen and oxygen atoms in total. The van der Waals surface area contributed by atoms with Gasteiger partial charge < -0.3 is 24.8 Å². The predicted molar refractivity (Wildman–Crippen MR) is 125 cm³/mol. The first-order valence-electron chi connectivity index (χ1n) is 10.1. The molecular weight excluding hydrogens is 462 g/mol. The van der Waals surface area contributed by atoms with Crippen LogP contribution in [-0.2, 0) is 9.53 Å². The third-order valence-electron chi connectivity index (χ3n) is 5.49. The monoisotopic (exact) mass is 483 g/mol. The number of anilines is 2. The number of hydrogen-bond donors (Lipinski definition) is 2. The molecule has 3 aromatic rings. The van der Waals surface area contributed by atoms with Crippen molar-refractivity contribution in [2.24, 2.45) is 5.92 Å². The van der Waals surface area contributed by atoms with Gasteiger partial charge in [-0.1, -0.05) is 30.3 Å². The molecule has 1 aromatic heterocycles. The van der Waals surface area contributed by atoms with Crippen LogP contribution in [0.1, 0.15) is 22.0 Å². The van der Waals surface area contributed by atoms with Gasteiger partial charge >= 0.3 is 5.97 Å². The van der Waals surface area contributed by atoms with Gasteiger partial charge in [-0.15, -0.1) is 0 Å². The van der Waals surface area contributed by atoms with E-state index in [2.05, 4.69) is 27.3 Å². The Morgan fingerprint density at radius 1 is 1.12 bits per heavy atom. The Morgan fingerprint density at radius 2 is 1.82 bits per heavy atom. The summed E-state index contributed by atoms with van der Waals surface area (Å²) < 4.78 is 17.0. The third kappa shape index (κ3) is 4.15. The molecule has 2 N–H and O–H groups in total. The van der Waals surface area contributed by atoms with Gasteiger partial charge in [-0.05, 0) is 17.7 Å². The van der Waals surface area contributed by atoms with E-state index >= 15 is 0 Å². The highest BCUT2D eigenvalue weighted by Gasteiger charge is 2.40. The molecule has 0 spiro atoms. The Kier molecular flexibility index (Phi) is 6.42. The largest absolute Gasteiger partial charge is 0.495 e. The molecule has 1 amide bonds. The van der Waals surface area contributed by atoms with Crippen molar-refractivity contribution in [3.8, 4) is 11.5 Å². The Balaban J connectivity index is 1.73. The van der Waals surface area contributed by atoms with Crippen LogP contribution in [0.4, 0.5) is 11.6 Å². The minimum Gasteiger partial charge on any atom is -0.495 e. The standard InChI is InChI=1S/C23H22ClN5O5/c1-12-19(21(30)28-16-10-17(32-2)15(24)9-18(16)33-3)20(29-23(27-12)25-11-26-29)13-5-7-14(8-6-13)22(31)34-4/h5-11,19-20H,1H2,2-4H3,(H,28,30)(H,25,26,27)/t19-,20-/m0/s1. The number of amides is 1. The van der Waals surface area contributed by atoms with Gasteiger partial charge in [0, 0.05) is 17.8 Å². The second-order valence-corrected chi connectivity index (χ2v) is 7.80. The van der Waals surface area contributed by atoms with Crippen LogP contribution < -0.4 is 20.1 Å². The Morgan fingerprint density at radius 3 is 2.47 bits per heavy atom. The lowest BCUT2D eigenvalue weighted by molar-refractivity contribution is -0.119. The second kappa shape index (κ2) is 9.44. The van der Waals surface area contributed by atoms with E-state index in [1.807, 2.05) is 0 Å². The number of benzene rings is 2. The molecule has 0 bridgehead atoms. The highest BCUT2D eigenvalue weighted by molar-refractivity contribution is 6.32. The molecular formula is C23H22ClN5O5. The van der Waals surface area contributed by atoms with E-state index in [1.165, 1.54) is 27.7 Å². The maximum atomic E-state index is 13.6. The number of nitrogens with zero attached hydrogens (tertiary/aromatic N) is 3. The van der Waals surface area contributed by atoms with Gasteiger partial charge in [-0.2, -0.15) is 10.1 Å². The maximum Gasteiger partial charge on any atom is 0.337 e. The number of esters is 1. The summed E-state index contributed by atoms with van der Waals surface area (Å²) >= 11 is 6.19. The molecule has 0 aliphatic carbocycles. The van der Waals surface area contributed by atoms with Gasteiger partial charge in [0.05, 0.1) is 43.6 Å². The summed E-state index contributed by atoms with van der Waals surface area (Å²) in [5.41, 5.74) is 1.92. The highest BCUT2D eigenvalue weighted by atomic mass is 35.5. The van der Waals surface area contributed by atoms with Crippen molar-refractivity contribution >= 4 is 35.1 Å². The van der Waals surface area contributed by atoms with E-state index in [0.29, 0.717) is 39.4 Å². The van der Waals surface area contributed by atoms with Crippen LogP contribution in [0.2, 0.25) is 5.02 Å². The summed E-state index contributed by atoms with van der Waals surface area (Å²) in [4.78, 5) is 29.6. The molecule has 0 fully saturated rings. The minimum atomic E-state index is -0.787. The fourth-order valence-corrected chi connectivity index (χ4v) is 4.07. The smallest absolute Gasteiger partial charge is 0.337 e. The van der Waals surface area contributed by atoms with Crippen LogP contribution in [0.3, 0.4) is 0 Å². The van der Waals surface area contributed by atoms with Gasteiger partial charge in [0.1, 0.15) is 23.7 Å². The highest BCUT2D eigenvalue weighted by Crippen LogP contribution is 2.40. The van der Waals surface area contributed by atoms with E-state index in [0.717, 1.165) is 5.56 Å². The number of carbonyl (C=O) groups is 2. The number of ether oxygens (including phenoxy) is 3. The molecule has 0 radical (unpaired) electrons. The number of fused-ring (bicyclic) bond motifs is 1. The summed E-state index contributed by atoms with van der Waals surface area (Å²) in [5, 5.41) is 10.6. The van der Waals surface area contributed by atoms with Crippen LogP contribution in [0.15, 0.2) is 55.0 Å². The van der Waals surface area contributed by atoms with Crippen LogP contribution >= 0.6 is 11.6 Å². The number of carbonyl (C=O) groups excluding carboxylic acids is 2. The van der Waals surface area contributed by atoms with E-state index in [4.69, 9.17) is 25.8 Å². The number of hydrogen-bond acceptors (Lipinski definition) is 8. The van der Waals surface area contributed by atoms with Gasteiger partial charge in [-0.25, -0.2) is 9.48 Å². The normalized spacial score (nSPS) is 16.8. The molecule has 4 rings (SSSR count). The molecule has 34 heavy (non-hydrogen) atoms. The molecule has 2 heterocycles. The molecule has 176 valence electrons. The predicted octanol–water partition coefficient (Wildman–Crippen LogP) is 3.52. The van der Waals surface area contributed by atoms with Gasteiger partial charge in [-0.3, -0.25) is 4.79 Å². The molecule has 1 aliphatic heterocycles. The maximum absolute atomic E-state index is 13.6. The summed E-state index contributed by atoms with van der Waals surface area (Å²) in [6, 6.07) is 9.30. The number of methoxy groups -OCH3 is 3. The molecule has 2 atom stereocenters. The Labute approximate surface area is 200 Å². The van der Waals surface area contributed by atoms with E-state index in [9.17, 15) is 9.59 Å².